The Morgan fingerprint density at radius 3 is 2.76 bits per heavy atom. The molecule has 10 heteroatoms. The van der Waals surface area contributed by atoms with Crippen molar-refractivity contribution in [2.24, 2.45) is 29.6 Å². The predicted octanol–water partition coefficient (Wildman–Crippen LogP) is 0.846. The van der Waals surface area contributed by atoms with Crippen molar-refractivity contribution < 1.29 is 29.0 Å². The molecule has 37 heavy (non-hydrogen) atoms. The van der Waals surface area contributed by atoms with E-state index in [1.807, 2.05) is 18.2 Å². The minimum Gasteiger partial charge on any atom is -0.496 e. The van der Waals surface area contributed by atoms with Crippen molar-refractivity contribution in [1.29, 1.82) is 0 Å². The Bertz CT molecular complexity index is 1270. The molecule has 4 fully saturated rings. The van der Waals surface area contributed by atoms with E-state index in [1.54, 1.807) is 18.1 Å². The number of carbonyl (C=O) groups excluding carboxylic acids is 4. The second-order valence-corrected chi connectivity index (χ2v) is 10.9. The number of rotatable bonds is 8. The van der Waals surface area contributed by atoms with Gasteiger partial charge >= 0.3 is 0 Å². The third-order valence-electron chi connectivity index (χ3n) is 8.95. The number of ketones is 1. The highest BCUT2D eigenvalue weighted by Crippen LogP contribution is 2.62. The van der Waals surface area contributed by atoms with E-state index in [-0.39, 0.29) is 36.0 Å². The zero-order valence-electron chi connectivity index (χ0n) is 20.7. The van der Waals surface area contributed by atoms with Crippen LogP contribution in [-0.2, 0) is 14.4 Å². The van der Waals surface area contributed by atoms with Crippen LogP contribution in [0, 0.1) is 29.6 Å². The zero-order chi connectivity index (χ0) is 25.8. The Hall–Kier alpha value is -3.40. The number of likely N-dealkylation sites (tertiary alicyclic amines) is 1. The molecule has 0 radical (unpaired) electrons. The van der Waals surface area contributed by atoms with Crippen molar-refractivity contribution in [3.8, 4) is 5.75 Å². The normalized spacial score (nSPS) is 30.5. The van der Waals surface area contributed by atoms with E-state index in [2.05, 4.69) is 15.6 Å². The van der Waals surface area contributed by atoms with Crippen LogP contribution in [0.1, 0.15) is 36.2 Å². The number of hydrogen-bond donors (Lipinski definition) is 4. The number of aliphatic hydroxyl groups excluding tert-OH is 1. The second kappa shape index (κ2) is 9.16. The third-order valence-corrected chi connectivity index (χ3v) is 8.95. The fourth-order valence-electron chi connectivity index (χ4n) is 7.03. The number of methoxy groups -OCH3 is 1. The van der Waals surface area contributed by atoms with E-state index in [1.165, 1.54) is 0 Å². The summed E-state index contributed by atoms with van der Waals surface area (Å²) in [5.74, 6) is 0.381. The summed E-state index contributed by atoms with van der Waals surface area (Å²) in [7, 11) is 1.58. The molecule has 3 amide bonds. The summed E-state index contributed by atoms with van der Waals surface area (Å²) in [5, 5.41) is 15.9. The lowest BCUT2D eigenvalue weighted by molar-refractivity contribution is -0.133. The number of Topliss-reactive ketones (excluding diaryl/α,β-unsaturated/α-hetero) is 1. The van der Waals surface area contributed by atoms with Crippen molar-refractivity contribution in [2.75, 3.05) is 26.8 Å². The van der Waals surface area contributed by atoms with Gasteiger partial charge in [0.25, 0.3) is 5.91 Å². The van der Waals surface area contributed by atoms with Crippen molar-refractivity contribution >= 4 is 34.4 Å². The highest BCUT2D eigenvalue weighted by Gasteiger charge is 2.62. The highest BCUT2D eigenvalue weighted by atomic mass is 16.5. The molecule has 2 saturated carbocycles. The molecule has 6 rings (SSSR count). The average Bonchev–Trinajstić information content (AvgIpc) is 3.25. The summed E-state index contributed by atoms with van der Waals surface area (Å²) in [6.07, 6.45) is 2.75. The molecule has 1 aromatic carbocycles. The Morgan fingerprint density at radius 2 is 2.03 bits per heavy atom. The van der Waals surface area contributed by atoms with Crippen LogP contribution in [-0.4, -0.2) is 77.4 Å². The van der Waals surface area contributed by atoms with Crippen LogP contribution in [0.4, 0.5) is 0 Å². The van der Waals surface area contributed by atoms with Crippen LogP contribution in [0.15, 0.2) is 24.3 Å². The minimum absolute atomic E-state index is 0.0336. The van der Waals surface area contributed by atoms with Crippen LogP contribution in [0.25, 0.3) is 10.9 Å². The molecule has 3 heterocycles. The first-order valence-electron chi connectivity index (χ1n) is 13.1. The van der Waals surface area contributed by atoms with E-state index < -0.39 is 30.4 Å². The molecule has 7 atom stereocenters. The van der Waals surface area contributed by atoms with Gasteiger partial charge in [0.15, 0.2) is 5.78 Å². The Balaban J connectivity index is 1.27. The number of hydrogen-bond acceptors (Lipinski definition) is 6. The summed E-state index contributed by atoms with van der Waals surface area (Å²) in [4.78, 5) is 57.0. The standard InChI is InChI=1S/C27H32N4O6/c1-37-23-4-2-3-19-17(23)10-21(29-19)27(36)31-11-18-15-7-14(15)8-16(18)24(31)26(35)30-20(22(33)12-32)9-13-5-6-28-25(13)34/h2-4,10,13-16,18,20,24,29,32H,5-9,11-12H2,1H3,(H,28,34)(H,30,35). The fraction of sp³-hybridized carbons (Fsp3) is 0.556. The monoisotopic (exact) mass is 508 g/mol. The number of nitrogens with zero attached hydrogens (tertiary/aromatic N) is 1. The number of aromatic nitrogens is 1. The summed E-state index contributed by atoms with van der Waals surface area (Å²) in [5.41, 5.74) is 1.16. The first-order valence-corrected chi connectivity index (χ1v) is 13.1. The van der Waals surface area contributed by atoms with Gasteiger partial charge in [-0.05, 0) is 67.6 Å². The van der Waals surface area contributed by atoms with Crippen molar-refractivity contribution in [3.05, 3.63) is 30.0 Å². The third kappa shape index (κ3) is 4.07. The van der Waals surface area contributed by atoms with E-state index in [0.29, 0.717) is 42.8 Å². The van der Waals surface area contributed by atoms with E-state index in [0.717, 1.165) is 23.7 Å². The Labute approximate surface area is 214 Å². The number of amides is 3. The van der Waals surface area contributed by atoms with E-state index in [4.69, 9.17) is 4.74 Å². The molecule has 0 spiro atoms. The molecule has 1 aromatic heterocycles. The Morgan fingerprint density at radius 1 is 1.22 bits per heavy atom. The molecule has 0 bridgehead atoms. The maximum atomic E-state index is 13.8. The molecular formula is C27H32N4O6. The molecule has 4 aliphatic rings. The van der Waals surface area contributed by atoms with Gasteiger partial charge in [-0.1, -0.05) is 6.07 Å². The summed E-state index contributed by atoms with van der Waals surface area (Å²) in [6.45, 7) is 0.308. The van der Waals surface area contributed by atoms with Crippen LogP contribution < -0.4 is 15.4 Å². The number of carbonyl (C=O) groups is 4. The van der Waals surface area contributed by atoms with Gasteiger partial charge in [0.05, 0.1) is 13.2 Å². The summed E-state index contributed by atoms with van der Waals surface area (Å²) < 4.78 is 5.43. The number of aliphatic hydroxyl groups is 1. The van der Waals surface area contributed by atoms with Crippen molar-refractivity contribution in [2.45, 2.75) is 37.8 Å². The fourth-order valence-corrected chi connectivity index (χ4v) is 7.03. The SMILES string of the molecule is COc1cccc2[nH]c(C(=O)N3CC4C5CC5CC4C3C(=O)NC(CC3CCNC3=O)C(=O)CO)cc12. The van der Waals surface area contributed by atoms with Crippen LogP contribution in [0.2, 0.25) is 0 Å². The lowest BCUT2D eigenvalue weighted by Gasteiger charge is -2.29. The Kier molecular flexibility index (Phi) is 5.94. The number of aromatic amines is 1. The van der Waals surface area contributed by atoms with Gasteiger partial charge in [0.1, 0.15) is 24.1 Å². The molecule has 2 saturated heterocycles. The maximum absolute atomic E-state index is 13.8. The topological polar surface area (TPSA) is 141 Å². The van der Waals surface area contributed by atoms with Gasteiger partial charge in [0.2, 0.25) is 11.8 Å². The van der Waals surface area contributed by atoms with Gasteiger partial charge in [-0.3, -0.25) is 19.2 Å². The molecule has 196 valence electrons. The van der Waals surface area contributed by atoms with Gasteiger partial charge in [-0.15, -0.1) is 0 Å². The largest absolute Gasteiger partial charge is 0.496 e. The number of fused-ring (bicyclic) bond motifs is 4. The second-order valence-electron chi connectivity index (χ2n) is 10.9. The molecule has 2 aliphatic heterocycles. The van der Waals surface area contributed by atoms with Gasteiger partial charge < -0.3 is 30.4 Å². The first-order chi connectivity index (χ1) is 17.9. The van der Waals surface area contributed by atoms with Gasteiger partial charge in [-0.2, -0.15) is 0 Å². The molecule has 4 N–H and O–H groups in total. The number of nitrogens with one attached hydrogen (secondary N) is 3. The highest BCUT2D eigenvalue weighted by molar-refractivity contribution is 6.02. The first kappa shape index (κ1) is 24.0. The van der Waals surface area contributed by atoms with Crippen molar-refractivity contribution in [3.63, 3.8) is 0 Å². The smallest absolute Gasteiger partial charge is 0.271 e. The molecule has 10 nitrogen and oxygen atoms in total. The van der Waals surface area contributed by atoms with Crippen LogP contribution in [0.5, 0.6) is 5.75 Å². The van der Waals surface area contributed by atoms with Crippen LogP contribution >= 0.6 is 0 Å². The summed E-state index contributed by atoms with van der Waals surface area (Å²) >= 11 is 0. The molecule has 2 aliphatic carbocycles. The van der Waals surface area contributed by atoms with Crippen molar-refractivity contribution in [1.82, 2.24) is 20.5 Å². The molecular weight excluding hydrogens is 476 g/mol. The lowest BCUT2D eigenvalue weighted by Crippen LogP contribution is -2.53. The minimum atomic E-state index is -0.976. The van der Waals surface area contributed by atoms with E-state index >= 15 is 0 Å². The molecule has 7 unspecified atom stereocenters. The van der Waals surface area contributed by atoms with Gasteiger partial charge in [-0.25, -0.2) is 0 Å². The van der Waals surface area contributed by atoms with Crippen LogP contribution in [0.3, 0.4) is 0 Å². The number of H-pyrrole nitrogens is 1. The summed E-state index contributed by atoms with van der Waals surface area (Å²) in [6, 6.07) is 5.63. The lowest BCUT2D eigenvalue weighted by atomic mass is 9.88. The van der Waals surface area contributed by atoms with E-state index in [9.17, 15) is 24.3 Å². The average molecular weight is 509 g/mol. The quantitative estimate of drug-likeness (QED) is 0.417. The number of ether oxygens (including phenoxy) is 1. The predicted molar refractivity (Wildman–Crippen MR) is 133 cm³/mol. The zero-order valence-corrected chi connectivity index (χ0v) is 20.7. The maximum Gasteiger partial charge on any atom is 0.271 e. The number of benzene rings is 1. The molecule has 2 aromatic rings. The van der Waals surface area contributed by atoms with Gasteiger partial charge in [0, 0.05) is 29.9 Å².